The van der Waals surface area contributed by atoms with Crippen molar-refractivity contribution in [1.29, 1.82) is 0 Å². The van der Waals surface area contributed by atoms with Crippen molar-refractivity contribution in [2.24, 2.45) is 0 Å². The van der Waals surface area contributed by atoms with Gasteiger partial charge in [-0.1, -0.05) is 11.8 Å². The fraction of sp³-hybridized carbons (Fsp3) is 0.222. The van der Waals surface area contributed by atoms with Crippen molar-refractivity contribution in [3.05, 3.63) is 77.6 Å². The topological polar surface area (TPSA) is 101 Å². The SMILES string of the molecule is CN1C(=O)[C@@H](NC(=O)c2cc(Oc3ccc(F)cc3F)ccn2)COc2ccc(C#CC(C)(C)O)cc21. The Bertz CT molecular complexity index is 1430. The van der Waals surface area contributed by atoms with Crippen LogP contribution in [0.25, 0.3) is 0 Å². The van der Waals surface area contributed by atoms with Gasteiger partial charge < -0.3 is 24.8 Å². The number of likely N-dealkylation sites (N-methyl/N-ethyl adjacent to an activating group) is 1. The van der Waals surface area contributed by atoms with Crippen LogP contribution in [0, 0.1) is 23.5 Å². The van der Waals surface area contributed by atoms with Crippen molar-refractivity contribution in [1.82, 2.24) is 10.3 Å². The minimum absolute atomic E-state index is 0.0820. The quantitative estimate of drug-likeness (QED) is 0.525. The number of carbonyl (C=O) groups excluding carboxylic acids is 2. The number of carbonyl (C=O) groups is 2. The summed E-state index contributed by atoms with van der Waals surface area (Å²) in [5.41, 5.74) is -0.227. The summed E-state index contributed by atoms with van der Waals surface area (Å²) in [7, 11) is 1.55. The van der Waals surface area contributed by atoms with Crippen molar-refractivity contribution in [2.75, 3.05) is 18.6 Å². The molecule has 4 rings (SSSR count). The summed E-state index contributed by atoms with van der Waals surface area (Å²) < 4.78 is 38.2. The second kappa shape index (κ2) is 10.2. The molecule has 3 aromatic rings. The molecule has 0 saturated heterocycles. The number of nitrogens with zero attached hydrogens (tertiary/aromatic N) is 2. The molecule has 0 aliphatic carbocycles. The Labute approximate surface area is 211 Å². The van der Waals surface area contributed by atoms with E-state index in [-0.39, 0.29) is 23.8 Å². The molecule has 2 amide bonds. The van der Waals surface area contributed by atoms with Gasteiger partial charge >= 0.3 is 0 Å². The Morgan fingerprint density at radius 1 is 1.22 bits per heavy atom. The molecule has 0 spiro atoms. The van der Waals surface area contributed by atoms with E-state index in [0.717, 1.165) is 12.1 Å². The van der Waals surface area contributed by atoms with Gasteiger partial charge in [0, 0.05) is 30.9 Å². The van der Waals surface area contributed by atoms with Crippen molar-refractivity contribution in [3.8, 4) is 29.1 Å². The molecule has 190 valence electrons. The molecule has 1 aliphatic rings. The smallest absolute Gasteiger partial charge is 0.270 e. The van der Waals surface area contributed by atoms with E-state index in [1.807, 2.05) is 0 Å². The van der Waals surface area contributed by atoms with Crippen LogP contribution in [-0.4, -0.2) is 47.2 Å². The highest BCUT2D eigenvalue weighted by Crippen LogP contribution is 2.31. The predicted octanol–water partition coefficient (Wildman–Crippen LogP) is 3.43. The molecule has 37 heavy (non-hydrogen) atoms. The van der Waals surface area contributed by atoms with E-state index in [2.05, 4.69) is 22.1 Å². The van der Waals surface area contributed by atoms with E-state index in [1.165, 1.54) is 23.2 Å². The molecule has 1 aliphatic heterocycles. The van der Waals surface area contributed by atoms with Crippen LogP contribution in [0.4, 0.5) is 14.5 Å². The molecular weight excluding hydrogens is 484 g/mol. The number of nitrogens with one attached hydrogen (secondary N) is 1. The van der Waals surface area contributed by atoms with Gasteiger partial charge in [0.1, 0.15) is 41.3 Å². The first kappa shape index (κ1) is 25.6. The molecule has 2 N–H and O–H groups in total. The second-order valence-corrected chi connectivity index (χ2v) is 8.78. The molecule has 0 radical (unpaired) electrons. The Balaban J connectivity index is 1.49. The third kappa shape index (κ3) is 6.20. The molecule has 1 atom stereocenters. The molecule has 2 heterocycles. The first-order chi connectivity index (χ1) is 17.5. The molecule has 2 aromatic carbocycles. The van der Waals surface area contributed by atoms with Gasteiger partial charge in [0.05, 0.1) is 5.69 Å². The summed E-state index contributed by atoms with van der Waals surface area (Å²) in [5.74, 6) is 3.11. The zero-order valence-electron chi connectivity index (χ0n) is 20.2. The monoisotopic (exact) mass is 507 g/mol. The van der Waals surface area contributed by atoms with Gasteiger partial charge in [-0.2, -0.15) is 0 Å². The Hall–Kier alpha value is -4.49. The number of aliphatic hydroxyl groups is 1. The maximum Gasteiger partial charge on any atom is 0.270 e. The number of hydrogen-bond donors (Lipinski definition) is 2. The largest absolute Gasteiger partial charge is 0.489 e. The minimum Gasteiger partial charge on any atom is -0.489 e. The Kier molecular flexibility index (Phi) is 7.09. The number of halogens is 2. The third-order valence-corrected chi connectivity index (χ3v) is 5.26. The van der Waals surface area contributed by atoms with Gasteiger partial charge in [-0.3, -0.25) is 14.6 Å². The first-order valence-electron chi connectivity index (χ1n) is 11.2. The van der Waals surface area contributed by atoms with E-state index < -0.39 is 35.1 Å². The average Bonchev–Trinajstić information content (AvgIpc) is 2.96. The first-order valence-corrected chi connectivity index (χ1v) is 11.2. The zero-order chi connectivity index (χ0) is 26.7. The predicted molar refractivity (Wildman–Crippen MR) is 130 cm³/mol. The van der Waals surface area contributed by atoms with Gasteiger partial charge in [-0.25, -0.2) is 8.78 Å². The average molecular weight is 507 g/mol. The van der Waals surface area contributed by atoms with Crippen LogP contribution >= 0.6 is 0 Å². The number of amides is 2. The Morgan fingerprint density at radius 3 is 2.73 bits per heavy atom. The van der Waals surface area contributed by atoms with Crippen LogP contribution in [0.1, 0.15) is 29.9 Å². The summed E-state index contributed by atoms with van der Waals surface area (Å²) in [4.78, 5) is 31.3. The number of benzene rings is 2. The summed E-state index contributed by atoms with van der Waals surface area (Å²) in [6.45, 7) is 2.99. The van der Waals surface area contributed by atoms with E-state index in [0.29, 0.717) is 23.1 Å². The highest BCUT2D eigenvalue weighted by Gasteiger charge is 2.31. The molecule has 0 saturated carbocycles. The Morgan fingerprint density at radius 2 is 2.00 bits per heavy atom. The lowest BCUT2D eigenvalue weighted by Gasteiger charge is -2.20. The zero-order valence-corrected chi connectivity index (χ0v) is 20.2. The fourth-order valence-electron chi connectivity index (χ4n) is 3.42. The van der Waals surface area contributed by atoms with Crippen LogP contribution in [0.15, 0.2) is 54.7 Å². The minimum atomic E-state index is -1.18. The maximum atomic E-state index is 13.9. The lowest BCUT2D eigenvalue weighted by molar-refractivity contribution is -0.120. The van der Waals surface area contributed by atoms with Gasteiger partial charge in [-0.15, -0.1) is 0 Å². The molecule has 0 fully saturated rings. The molecule has 0 unspecified atom stereocenters. The standard InChI is InChI=1S/C27H23F2N3O5/c1-27(2,35)10-8-16-4-6-24-22(12-16)32(3)26(34)21(15-36-24)31-25(33)20-14-18(9-11-30-20)37-23-7-5-17(28)13-19(23)29/h4-7,9,11-14,21,35H,15H2,1-3H3,(H,31,33)/t21-/m0/s1. The molecule has 8 nitrogen and oxygen atoms in total. The van der Waals surface area contributed by atoms with Crippen molar-refractivity contribution < 1.29 is 33.0 Å². The van der Waals surface area contributed by atoms with Crippen LogP contribution in [0.5, 0.6) is 17.2 Å². The number of anilines is 1. The maximum absolute atomic E-state index is 13.9. The third-order valence-electron chi connectivity index (χ3n) is 5.26. The van der Waals surface area contributed by atoms with Crippen molar-refractivity contribution in [2.45, 2.75) is 25.5 Å². The van der Waals surface area contributed by atoms with Crippen LogP contribution in [0.2, 0.25) is 0 Å². The van der Waals surface area contributed by atoms with E-state index in [4.69, 9.17) is 9.47 Å². The van der Waals surface area contributed by atoms with Gasteiger partial charge in [0.15, 0.2) is 11.6 Å². The van der Waals surface area contributed by atoms with E-state index in [9.17, 15) is 23.5 Å². The normalized spacial score (nSPS) is 15.0. The lowest BCUT2D eigenvalue weighted by atomic mass is 10.1. The lowest BCUT2D eigenvalue weighted by Crippen LogP contribution is -2.49. The second-order valence-electron chi connectivity index (χ2n) is 8.78. The molecular formula is C27H23F2N3O5. The van der Waals surface area contributed by atoms with E-state index >= 15 is 0 Å². The number of ether oxygens (including phenoxy) is 2. The number of hydrogen-bond acceptors (Lipinski definition) is 6. The van der Waals surface area contributed by atoms with Gasteiger partial charge in [0.2, 0.25) is 0 Å². The summed E-state index contributed by atoms with van der Waals surface area (Å²) in [6.07, 6.45) is 1.29. The van der Waals surface area contributed by atoms with Crippen molar-refractivity contribution in [3.63, 3.8) is 0 Å². The number of pyridine rings is 1. The number of aromatic nitrogens is 1. The summed E-state index contributed by atoms with van der Waals surface area (Å²) >= 11 is 0. The van der Waals surface area contributed by atoms with E-state index in [1.54, 1.807) is 39.1 Å². The van der Waals surface area contributed by atoms with Crippen LogP contribution in [-0.2, 0) is 4.79 Å². The molecule has 1 aromatic heterocycles. The molecule has 0 bridgehead atoms. The van der Waals surface area contributed by atoms with Crippen LogP contribution < -0.4 is 19.7 Å². The number of fused-ring (bicyclic) bond motifs is 1. The molecule has 10 heteroatoms. The fourth-order valence-corrected chi connectivity index (χ4v) is 3.42. The number of rotatable bonds is 4. The summed E-state index contributed by atoms with van der Waals surface area (Å²) in [5, 5.41) is 12.4. The highest BCUT2D eigenvalue weighted by molar-refractivity contribution is 6.03. The van der Waals surface area contributed by atoms with Gasteiger partial charge in [0.25, 0.3) is 11.8 Å². The van der Waals surface area contributed by atoms with Gasteiger partial charge in [-0.05, 0) is 50.2 Å². The van der Waals surface area contributed by atoms with Crippen LogP contribution in [0.3, 0.4) is 0 Å². The highest BCUT2D eigenvalue weighted by atomic mass is 19.1. The summed E-state index contributed by atoms with van der Waals surface area (Å²) in [6, 6.07) is 9.52. The van der Waals surface area contributed by atoms with Crippen molar-refractivity contribution >= 4 is 17.5 Å².